The van der Waals surface area contributed by atoms with Crippen molar-refractivity contribution in [2.24, 2.45) is 11.8 Å². The van der Waals surface area contributed by atoms with Crippen LogP contribution in [0.5, 0.6) is 0 Å². The van der Waals surface area contributed by atoms with Crippen LogP contribution in [0, 0.1) is 28.9 Å². The number of aromatic nitrogens is 2. The molecule has 40 heavy (non-hydrogen) atoms. The van der Waals surface area contributed by atoms with Crippen LogP contribution in [0.1, 0.15) is 29.8 Å². The first-order chi connectivity index (χ1) is 19.4. The first kappa shape index (κ1) is 23.2. The van der Waals surface area contributed by atoms with Crippen molar-refractivity contribution in [3.8, 4) is 5.69 Å². The zero-order valence-electron chi connectivity index (χ0n) is 21.5. The maximum atomic E-state index is 14.6. The molecule has 10 nitrogen and oxygen atoms in total. The third-order valence-electron chi connectivity index (χ3n) is 9.28. The van der Waals surface area contributed by atoms with Gasteiger partial charge in [-0.25, -0.2) is 9.88 Å². The highest BCUT2D eigenvalue weighted by Crippen LogP contribution is 2.62. The highest BCUT2D eigenvalue weighted by molar-refractivity contribution is 6.23. The Hall–Kier alpha value is -4.70. The number of nitro benzene ring substituents is 1. The van der Waals surface area contributed by atoms with Crippen molar-refractivity contribution in [3.05, 3.63) is 104 Å². The van der Waals surface area contributed by atoms with E-state index in [9.17, 15) is 24.5 Å². The summed E-state index contributed by atoms with van der Waals surface area (Å²) in [6, 6.07) is 18.7. The molecule has 3 fully saturated rings. The smallest absolute Gasteiger partial charge is 0.271 e. The Morgan fingerprint density at radius 1 is 0.975 bits per heavy atom. The number of nitro groups is 1. The summed E-state index contributed by atoms with van der Waals surface area (Å²) in [4.78, 5) is 62.3. The lowest BCUT2D eigenvalue weighted by Crippen LogP contribution is -2.51. The topological polar surface area (TPSA) is 119 Å². The van der Waals surface area contributed by atoms with E-state index in [2.05, 4.69) is 4.90 Å². The second kappa shape index (κ2) is 7.70. The van der Waals surface area contributed by atoms with Crippen molar-refractivity contribution in [2.45, 2.75) is 31.3 Å². The fraction of sp³-hybridized carbons (Fsp3) is 0.267. The molecule has 0 unspecified atom stereocenters. The highest BCUT2D eigenvalue weighted by atomic mass is 16.6. The Morgan fingerprint density at radius 3 is 2.58 bits per heavy atom. The second-order valence-electron chi connectivity index (χ2n) is 11.0. The van der Waals surface area contributed by atoms with E-state index < -0.39 is 28.2 Å². The van der Waals surface area contributed by atoms with Crippen LogP contribution >= 0.6 is 0 Å². The number of para-hydroxylation sites is 2. The summed E-state index contributed by atoms with van der Waals surface area (Å²) in [6.07, 6.45) is 1.57. The third-order valence-corrected chi connectivity index (χ3v) is 9.28. The number of non-ortho nitro benzene ring substituents is 1. The minimum absolute atomic E-state index is 0.188. The normalized spacial score (nSPS) is 26.4. The lowest BCUT2D eigenvalue weighted by atomic mass is 9.75. The van der Waals surface area contributed by atoms with E-state index in [1.807, 2.05) is 30.3 Å². The summed E-state index contributed by atoms with van der Waals surface area (Å²) in [5.41, 5.74) is 1.28. The summed E-state index contributed by atoms with van der Waals surface area (Å²) in [5.74, 6) is -1.83. The van der Waals surface area contributed by atoms with Gasteiger partial charge in [-0.1, -0.05) is 36.4 Å². The Kier molecular flexibility index (Phi) is 4.47. The molecule has 2 amide bonds. The lowest BCUT2D eigenvalue weighted by molar-refractivity contribution is -0.384. The summed E-state index contributed by atoms with van der Waals surface area (Å²) in [6.45, 7) is 2.39. The molecule has 198 valence electrons. The van der Waals surface area contributed by atoms with Gasteiger partial charge in [-0.3, -0.25) is 34.0 Å². The number of benzene rings is 3. The molecule has 1 aromatic heterocycles. The summed E-state index contributed by atoms with van der Waals surface area (Å²) in [7, 11) is 0. The molecule has 0 saturated carbocycles. The number of nitrogens with zero attached hydrogens (tertiary/aromatic N) is 5. The SMILES string of the molecule is Cc1ccc([N+](=O)[O-])cc1N1C(=O)[C@H]2[C@@H]3CCCN3[C@]3(c4ccccc4-n4c3nc3ccccc3c4=O)[C@H]2C1=O. The lowest BCUT2D eigenvalue weighted by Gasteiger charge is -2.38. The Balaban J connectivity index is 1.43. The van der Waals surface area contributed by atoms with E-state index in [1.165, 1.54) is 12.1 Å². The van der Waals surface area contributed by atoms with Crippen LogP contribution in [-0.2, 0) is 15.1 Å². The second-order valence-corrected chi connectivity index (χ2v) is 11.0. The highest BCUT2D eigenvalue weighted by Gasteiger charge is 2.73. The molecule has 4 atom stereocenters. The molecule has 5 heterocycles. The van der Waals surface area contributed by atoms with Crippen molar-refractivity contribution >= 4 is 34.1 Å². The number of carbonyl (C=O) groups is 2. The minimum atomic E-state index is -1.12. The number of carbonyl (C=O) groups excluding carboxylic acids is 2. The average molecular weight is 534 g/mol. The maximum absolute atomic E-state index is 14.6. The van der Waals surface area contributed by atoms with Gasteiger partial charge in [-0.15, -0.1) is 0 Å². The molecule has 10 heteroatoms. The summed E-state index contributed by atoms with van der Waals surface area (Å²) in [5, 5.41) is 12.1. The fourth-order valence-corrected chi connectivity index (χ4v) is 7.80. The van der Waals surface area contributed by atoms with Crippen LogP contribution in [0.4, 0.5) is 11.4 Å². The van der Waals surface area contributed by atoms with Gasteiger partial charge in [0.2, 0.25) is 11.8 Å². The van der Waals surface area contributed by atoms with Crippen LogP contribution in [0.15, 0.2) is 71.5 Å². The molecule has 4 aliphatic heterocycles. The van der Waals surface area contributed by atoms with Crippen LogP contribution in [0.3, 0.4) is 0 Å². The molecule has 1 spiro atoms. The van der Waals surface area contributed by atoms with Crippen molar-refractivity contribution < 1.29 is 14.5 Å². The fourth-order valence-electron chi connectivity index (χ4n) is 7.80. The van der Waals surface area contributed by atoms with E-state index in [0.29, 0.717) is 34.5 Å². The molecular weight excluding hydrogens is 510 g/mol. The zero-order chi connectivity index (χ0) is 27.5. The minimum Gasteiger partial charge on any atom is -0.283 e. The van der Waals surface area contributed by atoms with Gasteiger partial charge >= 0.3 is 0 Å². The predicted octanol–water partition coefficient (Wildman–Crippen LogP) is 3.44. The summed E-state index contributed by atoms with van der Waals surface area (Å²) < 4.78 is 1.62. The van der Waals surface area contributed by atoms with Crippen molar-refractivity contribution in [2.75, 3.05) is 11.4 Å². The largest absolute Gasteiger partial charge is 0.283 e. The molecular formula is C30H23N5O5. The first-order valence-electron chi connectivity index (χ1n) is 13.4. The molecule has 4 aromatic rings. The Morgan fingerprint density at radius 2 is 1.75 bits per heavy atom. The monoisotopic (exact) mass is 533 g/mol. The predicted molar refractivity (Wildman–Crippen MR) is 145 cm³/mol. The molecule has 4 aliphatic rings. The summed E-state index contributed by atoms with van der Waals surface area (Å²) >= 11 is 0. The van der Waals surface area contributed by atoms with Gasteiger partial charge in [0.05, 0.1) is 39.0 Å². The molecule has 0 aliphatic carbocycles. The van der Waals surface area contributed by atoms with Gasteiger partial charge in [-0.2, -0.15) is 0 Å². The first-order valence-corrected chi connectivity index (χ1v) is 13.4. The quantitative estimate of drug-likeness (QED) is 0.220. The Labute approximate surface area is 227 Å². The number of hydrogen-bond donors (Lipinski definition) is 0. The van der Waals surface area contributed by atoms with Crippen molar-refractivity contribution in [3.63, 3.8) is 0 Å². The molecule has 3 saturated heterocycles. The Bertz CT molecular complexity index is 1900. The van der Waals surface area contributed by atoms with Gasteiger partial charge in [0, 0.05) is 23.7 Å². The van der Waals surface area contributed by atoms with Crippen molar-refractivity contribution in [1.29, 1.82) is 0 Å². The van der Waals surface area contributed by atoms with E-state index in [4.69, 9.17) is 4.98 Å². The van der Waals surface area contributed by atoms with Crippen LogP contribution in [0.2, 0.25) is 0 Å². The maximum Gasteiger partial charge on any atom is 0.271 e. The van der Waals surface area contributed by atoms with E-state index in [1.54, 1.807) is 35.8 Å². The van der Waals surface area contributed by atoms with Gasteiger partial charge in [0.15, 0.2) is 0 Å². The van der Waals surface area contributed by atoms with Gasteiger partial charge in [-0.05, 0) is 50.1 Å². The van der Waals surface area contributed by atoms with E-state index in [0.717, 1.165) is 23.3 Å². The van der Waals surface area contributed by atoms with Crippen LogP contribution in [-0.4, -0.2) is 43.8 Å². The number of aryl methyl sites for hydroxylation is 1. The standard InChI is InChI=1S/C30H23N5O5/c1-16-12-13-17(35(39)40)15-23(16)33-27(37)24-22-11-6-14-32(22)30(25(24)28(33)38)19-8-3-5-10-21(19)34-26(36)18-7-2-4-9-20(18)31-29(30)34/h2-5,7-10,12-13,15,22,24-25H,6,11,14H2,1H3/t22-,24-,25+,30+/m0/s1. The van der Waals surface area contributed by atoms with Crippen molar-refractivity contribution in [1.82, 2.24) is 14.5 Å². The molecule has 0 radical (unpaired) electrons. The third kappa shape index (κ3) is 2.57. The number of hydrogen-bond acceptors (Lipinski definition) is 7. The molecule has 8 rings (SSSR count). The van der Waals surface area contributed by atoms with Crippen LogP contribution in [0.25, 0.3) is 16.6 Å². The van der Waals surface area contributed by atoms with E-state index in [-0.39, 0.29) is 28.9 Å². The number of rotatable bonds is 2. The average Bonchev–Trinajstić information content (AvgIpc) is 3.67. The zero-order valence-corrected chi connectivity index (χ0v) is 21.5. The van der Waals surface area contributed by atoms with Gasteiger partial charge in [0.1, 0.15) is 11.4 Å². The number of anilines is 1. The molecule has 3 aromatic carbocycles. The number of fused-ring (bicyclic) bond motifs is 11. The van der Waals surface area contributed by atoms with Gasteiger partial charge in [0.25, 0.3) is 11.2 Å². The van der Waals surface area contributed by atoms with E-state index >= 15 is 0 Å². The van der Waals surface area contributed by atoms with Crippen LogP contribution < -0.4 is 10.5 Å². The molecule has 0 N–H and O–H groups in total. The van der Waals surface area contributed by atoms with Gasteiger partial charge < -0.3 is 0 Å². The number of amides is 2. The number of imide groups is 1. The molecule has 0 bridgehead atoms.